The molecular formula is C14H15F2N3. The number of aryl methyl sites for hydroxylation is 2. The number of anilines is 1. The Balaban J connectivity index is 2.59. The number of benzene rings is 1. The van der Waals surface area contributed by atoms with E-state index in [1.807, 2.05) is 13.8 Å². The van der Waals surface area contributed by atoms with Crippen molar-refractivity contribution in [2.75, 3.05) is 11.9 Å². The molecule has 0 fully saturated rings. The number of aromatic nitrogens is 2. The average Bonchev–Trinajstić information content (AvgIpc) is 2.38. The Morgan fingerprint density at radius 1 is 1.16 bits per heavy atom. The summed E-state index contributed by atoms with van der Waals surface area (Å²) >= 11 is 0. The summed E-state index contributed by atoms with van der Waals surface area (Å²) in [4.78, 5) is 8.23. The Labute approximate surface area is 110 Å². The van der Waals surface area contributed by atoms with Crippen LogP contribution in [0.5, 0.6) is 0 Å². The summed E-state index contributed by atoms with van der Waals surface area (Å²) in [7, 11) is 0. The Bertz CT molecular complexity index is 612. The largest absolute Gasteiger partial charge is 0.368 e. The lowest BCUT2D eigenvalue weighted by molar-refractivity contribution is 0.606. The maximum Gasteiger partial charge on any atom is 0.186 e. The van der Waals surface area contributed by atoms with Gasteiger partial charge in [-0.25, -0.2) is 18.7 Å². The Kier molecular flexibility index (Phi) is 3.74. The number of halogens is 2. The minimum absolute atomic E-state index is 0.147. The molecule has 0 spiro atoms. The van der Waals surface area contributed by atoms with Gasteiger partial charge in [-0.1, -0.05) is 6.07 Å². The molecule has 0 aliphatic heterocycles. The molecule has 5 heteroatoms. The molecule has 0 saturated carbocycles. The quantitative estimate of drug-likeness (QED) is 0.921. The van der Waals surface area contributed by atoms with Gasteiger partial charge in [0.05, 0.1) is 5.69 Å². The standard InChI is InChI=1S/C14H15F2N3/c1-4-17-14-12(16)9(3)18-13(19-14)11-7-10(15)6-5-8(11)2/h5-7H,4H2,1-3H3,(H,17,18,19). The molecule has 0 saturated heterocycles. The van der Waals surface area contributed by atoms with Crippen LogP contribution in [0.2, 0.25) is 0 Å². The molecule has 0 amide bonds. The molecule has 1 N–H and O–H groups in total. The van der Waals surface area contributed by atoms with Crippen LogP contribution in [0.25, 0.3) is 11.4 Å². The van der Waals surface area contributed by atoms with Gasteiger partial charge in [-0.05, 0) is 38.5 Å². The fourth-order valence-electron chi connectivity index (χ4n) is 1.80. The van der Waals surface area contributed by atoms with E-state index in [0.29, 0.717) is 17.9 Å². The van der Waals surface area contributed by atoms with Crippen molar-refractivity contribution in [2.45, 2.75) is 20.8 Å². The number of hydrogen-bond donors (Lipinski definition) is 1. The summed E-state index contributed by atoms with van der Waals surface area (Å²) < 4.78 is 27.1. The second-order valence-corrected chi connectivity index (χ2v) is 4.28. The average molecular weight is 263 g/mol. The molecule has 3 nitrogen and oxygen atoms in total. The molecule has 2 aromatic rings. The second-order valence-electron chi connectivity index (χ2n) is 4.28. The first kappa shape index (κ1) is 13.4. The number of hydrogen-bond acceptors (Lipinski definition) is 3. The molecule has 19 heavy (non-hydrogen) atoms. The van der Waals surface area contributed by atoms with E-state index >= 15 is 0 Å². The topological polar surface area (TPSA) is 37.8 Å². The van der Waals surface area contributed by atoms with Gasteiger partial charge < -0.3 is 5.32 Å². The fourth-order valence-corrected chi connectivity index (χ4v) is 1.80. The first-order valence-electron chi connectivity index (χ1n) is 6.07. The van der Waals surface area contributed by atoms with Gasteiger partial charge in [0.2, 0.25) is 0 Å². The van der Waals surface area contributed by atoms with Crippen LogP contribution in [-0.4, -0.2) is 16.5 Å². The van der Waals surface area contributed by atoms with Gasteiger partial charge in [-0.15, -0.1) is 0 Å². The molecule has 1 aromatic heterocycles. The molecule has 1 aromatic carbocycles. The van der Waals surface area contributed by atoms with Crippen LogP contribution in [0.15, 0.2) is 18.2 Å². The van der Waals surface area contributed by atoms with E-state index < -0.39 is 5.82 Å². The van der Waals surface area contributed by atoms with Gasteiger partial charge in [0.15, 0.2) is 17.5 Å². The van der Waals surface area contributed by atoms with Crippen molar-refractivity contribution in [3.63, 3.8) is 0 Å². The third kappa shape index (κ3) is 2.70. The lowest BCUT2D eigenvalue weighted by atomic mass is 10.1. The van der Waals surface area contributed by atoms with Crippen LogP contribution in [-0.2, 0) is 0 Å². The second kappa shape index (κ2) is 5.30. The molecule has 0 aliphatic carbocycles. The summed E-state index contributed by atoms with van der Waals surface area (Å²) in [6.45, 7) is 5.80. The third-order valence-corrected chi connectivity index (χ3v) is 2.80. The van der Waals surface area contributed by atoms with Crippen LogP contribution in [0.3, 0.4) is 0 Å². The Morgan fingerprint density at radius 3 is 2.58 bits per heavy atom. The molecule has 1 heterocycles. The SMILES string of the molecule is CCNc1nc(-c2cc(F)ccc2C)nc(C)c1F. The van der Waals surface area contributed by atoms with Crippen LogP contribution >= 0.6 is 0 Å². The first-order chi connectivity index (χ1) is 9.02. The monoisotopic (exact) mass is 263 g/mol. The molecule has 0 unspecified atom stereocenters. The van der Waals surface area contributed by atoms with E-state index in [4.69, 9.17) is 0 Å². The summed E-state index contributed by atoms with van der Waals surface area (Å²) in [6.07, 6.45) is 0. The fraction of sp³-hybridized carbons (Fsp3) is 0.286. The molecule has 0 radical (unpaired) electrons. The van der Waals surface area contributed by atoms with Crippen molar-refractivity contribution in [1.29, 1.82) is 0 Å². The van der Waals surface area contributed by atoms with Crippen LogP contribution in [0.4, 0.5) is 14.6 Å². The summed E-state index contributed by atoms with van der Waals surface area (Å²) in [6, 6.07) is 4.39. The van der Waals surface area contributed by atoms with Crippen molar-refractivity contribution < 1.29 is 8.78 Å². The van der Waals surface area contributed by atoms with Gasteiger partial charge in [-0.3, -0.25) is 0 Å². The number of nitrogens with one attached hydrogen (secondary N) is 1. The number of rotatable bonds is 3. The minimum Gasteiger partial charge on any atom is -0.368 e. The van der Waals surface area contributed by atoms with E-state index in [1.54, 1.807) is 13.0 Å². The van der Waals surface area contributed by atoms with E-state index in [2.05, 4.69) is 15.3 Å². The lowest BCUT2D eigenvalue weighted by Crippen LogP contribution is -2.07. The van der Waals surface area contributed by atoms with Gasteiger partial charge >= 0.3 is 0 Å². The van der Waals surface area contributed by atoms with Crippen LogP contribution in [0, 0.1) is 25.5 Å². The zero-order chi connectivity index (χ0) is 14.0. The lowest BCUT2D eigenvalue weighted by Gasteiger charge is -2.10. The van der Waals surface area contributed by atoms with Crippen molar-refractivity contribution >= 4 is 5.82 Å². The highest BCUT2D eigenvalue weighted by atomic mass is 19.1. The predicted octanol–water partition coefficient (Wildman–Crippen LogP) is 3.47. The highest BCUT2D eigenvalue weighted by molar-refractivity contribution is 5.62. The van der Waals surface area contributed by atoms with Crippen molar-refractivity contribution in [3.8, 4) is 11.4 Å². The molecular weight excluding hydrogens is 248 g/mol. The number of nitrogens with zero attached hydrogens (tertiary/aromatic N) is 2. The molecule has 2 rings (SSSR count). The van der Waals surface area contributed by atoms with E-state index in [9.17, 15) is 8.78 Å². The zero-order valence-electron chi connectivity index (χ0n) is 11.1. The highest BCUT2D eigenvalue weighted by Gasteiger charge is 2.14. The summed E-state index contributed by atoms with van der Waals surface area (Å²) in [5, 5.41) is 2.84. The smallest absolute Gasteiger partial charge is 0.186 e. The Morgan fingerprint density at radius 2 is 1.89 bits per heavy atom. The van der Waals surface area contributed by atoms with E-state index in [-0.39, 0.29) is 17.3 Å². The maximum atomic E-state index is 13.8. The van der Waals surface area contributed by atoms with Crippen molar-refractivity contribution in [1.82, 2.24) is 9.97 Å². The molecule has 100 valence electrons. The maximum absolute atomic E-state index is 13.8. The third-order valence-electron chi connectivity index (χ3n) is 2.80. The van der Waals surface area contributed by atoms with Crippen molar-refractivity contribution in [3.05, 3.63) is 41.1 Å². The summed E-state index contributed by atoms with van der Waals surface area (Å²) in [5.41, 5.74) is 1.65. The van der Waals surface area contributed by atoms with E-state index in [1.165, 1.54) is 12.1 Å². The summed E-state index contributed by atoms with van der Waals surface area (Å²) in [5.74, 6) is -0.364. The van der Waals surface area contributed by atoms with Gasteiger partial charge in [0.1, 0.15) is 5.82 Å². The molecule has 0 bridgehead atoms. The normalized spacial score (nSPS) is 10.6. The van der Waals surface area contributed by atoms with Gasteiger partial charge in [-0.2, -0.15) is 0 Å². The first-order valence-corrected chi connectivity index (χ1v) is 6.07. The molecule has 0 atom stereocenters. The van der Waals surface area contributed by atoms with Gasteiger partial charge in [0.25, 0.3) is 0 Å². The van der Waals surface area contributed by atoms with Gasteiger partial charge in [0, 0.05) is 12.1 Å². The molecule has 0 aliphatic rings. The van der Waals surface area contributed by atoms with E-state index in [0.717, 1.165) is 5.56 Å². The predicted molar refractivity (Wildman–Crippen MR) is 71.0 cm³/mol. The highest BCUT2D eigenvalue weighted by Crippen LogP contribution is 2.24. The van der Waals surface area contributed by atoms with Crippen LogP contribution in [0.1, 0.15) is 18.2 Å². The minimum atomic E-state index is -0.473. The Hall–Kier alpha value is -2.04. The van der Waals surface area contributed by atoms with Crippen LogP contribution < -0.4 is 5.32 Å². The van der Waals surface area contributed by atoms with Crippen molar-refractivity contribution in [2.24, 2.45) is 0 Å². The zero-order valence-corrected chi connectivity index (χ0v) is 11.1.